The fourth-order valence-corrected chi connectivity index (χ4v) is 3.50. The molecule has 0 spiro atoms. The number of benzene rings is 1. The average Bonchev–Trinajstić information content (AvgIpc) is 2.54. The number of amides is 2. The van der Waals surface area contributed by atoms with Crippen molar-refractivity contribution in [2.45, 2.75) is 58.7 Å². The highest BCUT2D eigenvalue weighted by molar-refractivity contribution is 6.39. The highest BCUT2D eigenvalue weighted by Gasteiger charge is 2.36. The van der Waals surface area contributed by atoms with E-state index in [4.69, 9.17) is 0 Å². The van der Waals surface area contributed by atoms with E-state index in [1.807, 2.05) is 0 Å². The third-order valence-electron chi connectivity index (χ3n) is 4.87. The number of anilines is 1. The standard InChI is InChI=1S/C19H25F3N2O2/c1-18(2,3)14-6-4-5-7-15(14)24-17(26)16(25)23-13-10-8-12(9-11-13)19(20,21)22/h8-11,14-15H,4-7H2,1-3H3,(H,23,25)(H,24,26)/t14-,15-/m0/s1. The molecule has 144 valence electrons. The second-order valence-electron chi connectivity index (χ2n) is 7.87. The number of halogens is 3. The lowest BCUT2D eigenvalue weighted by Gasteiger charge is -2.40. The van der Waals surface area contributed by atoms with Gasteiger partial charge >= 0.3 is 18.0 Å². The summed E-state index contributed by atoms with van der Waals surface area (Å²) in [5.74, 6) is -1.35. The molecule has 2 rings (SSSR count). The summed E-state index contributed by atoms with van der Waals surface area (Å²) in [6.45, 7) is 6.35. The van der Waals surface area contributed by atoms with Gasteiger partial charge in [-0.1, -0.05) is 33.6 Å². The molecule has 1 aromatic rings. The molecule has 26 heavy (non-hydrogen) atoms. The van der Waals surface area contributed by atoms with Gasteiger partial charge in [0, 0.05) is 11.7 Å². The Balaban J connectivity index is 1.98. The maximum absolute atomic E-state index is 12.6. The average molecular weight is 370 g/mol. The molecule has 1 aliphatic rings. The van der Waals surface area contributed by atoms with Crippen molar-refractivity contribution < 1.29 is 22.8 Å². The van der Waals surface area contributed by atoms with Crippen molar-refractivity contribution in [2.75, 3.05) is 5.32 Å². The van der Waals surface area contributed by atoms with Crippen molar-refractivity contribution in [3.05, 3.63) is 29.8 Å². The van der Waals surface area contributed by atoms with Crippen molar-refractivity contribution in [1.29, 1.82) is 0 Å². The van der Waals surface area contributed by atoms with Gasteiger partial charge in [-0.3, -0.25) is 9.59 Å². The fraction of sp³-hybridized carbons (Fsp3) is 0.579. The lowest BCUT2D eigenvalue weighted by molar-refractivity contribution is -0.137. The third kappa shape index (κ3) is 5.22. The van der Waals surface area contributed by atoms with Gasteiger partial charge in [-0.25, -0.2) is 0 Å². The Morgan fingerprint density at radius 2 is 1.54 bits per heavy atom. The summed E-state index contributed by atoms with van der Waals surface area (Å²) in [5, 5.41) is 5.15. The Kier molecular flexibility index (Phi) is 5.98. The Hall–Kier alpha value is -2.05. The normalized spacial score (nSPS) is 21.2. The zero-order chi connectivity index (χ0) is 19.5. The molecule has 2 atom stereocenters. The summed E-state index contributed by atoms with van der Waals surface area (Å²) < 4.78 is 37.7. The maximum atomic E-state index is 12.6. The monoisotopic (exact) mass is 370 g/mol. The van der Waals surface area contributed by atoms with Gasteiger partial charge in [0.15, 0.2) is 0 Å². The molecule has 0 radical (unpaired) electrons. The van der Waals surface area contributed by atoms with Crippen molar-refractivity contribution in [3.63, 3.8) is 0 Å². The van der Waals surface area contributed by atoms with E-state index in [1.165, 1.54) is 0 Å². The van der Waals surface area contributed by atoms with E-state index in [0.29, 0.717) is 0 Å². The van der Waals surface area contributed by atoms with Crippen molar-refractivity contribution >= 4 is 17.5 Å². The molecule has 0 aromatic heterocycles. The highest BCUT2D eigenvalue weighted by atomic mass is 19.4. The summed E-state index contributed by atoms with van der Waals surface area (Å²) in [7, 11) is 0. The Bertz CT molecular complexity index is 648. The van der Waals surface area contributed by atoms with Gasteiger partial charge in [0.05, 0.1) is 5.56 Å². The van der Waals surface area contributed by atoms with Gasteiger partial charge in [0.1, 0.15) is 0 Å². The SMILES string of the molecule is CC(C)(C)[C@H]1CCCC[C@@H]1NC(=O)C(=O)Nc1ccc(C(F)(F)F)cc1. The van der Waals surface area contributed by atoms with Crippen LogP contribution in [0.1, 0.15) is 52.0 Å². The molecule has 0 unspecified atom stereocenters. The molecule has 1 aromatic carbocycles. The zero-order valence-electron chi connectivity index (χ0n) is 15.2. The van der Waals surface area contributed by atoms with E-state index in [0.717, 1.165) is 49.9 Å². The van der Waals surface area contributed by atoms with E-state index in [1.54, 1.807) is 0 Å². The lowest BCUT2D eigenvalue weighted by Crippen LogP contribution is -2.49. The van der Waals surface area contributed by atoms with Crippen LogP contribution in [0.4, 0.5) is 18.9 Å². The molecule has 4 nitrogen and oxygen atoms in total. The van der Waals surface area contributed by atoms with Gasteiger partial charge < -0.3 is 10.6 Å². The lowest BCUT2D eigenvalue weighted by atomic mass is 9.69. The molecule has 0 bridgehead atoms. The van der Waals surface area contributed by atoms with Crippen LogP contribution in [0, 0.1) is 11.3 Å². The molecule has 7 heteroatoms. The molecule has 0 heterocycles. The highest BCUT2D eigenvalue weighted by Crippen LogP contribution is 2.38. The first kappa shape index (κ1) is 20.3. The molecule has 1 fully saturated rings. The van der Waals surface area contributed by atoms with Gasteiger partial charge in [0.25, 0.3) is 0 Å². The van der Waals surface area contributed by atoms with Crippen molar-refractivity contribution in [3.8, 4) is 0 Å². The first-order chi connectivity index (χ1) is 12.0. The van der Waals surface area contributed by atoms with Crippen molar-refractivity contribution in [1.82, 2.24) is 5.32 Å². The van der Waals surface area contributed by atoms with Crippen molar-refractivity contribution in [2.24, 2.45) is 11.3 Å². The van der Waals surface area contributed by atoms with Crippen LogP contribution in [0.3, 0.4) is 0 Å². The largest absolute Gasteiger partial charge is 0.416 e. The molecule has 0 aliphatic heterocycles. The molecular formula is C19H25F3N2O2. The van der Waals surface area contributed by atoms with E-state index < -0.39 is 23.6 Å². The Morgan fingerprint density at radius 1 is 0.962 bits per heavy atom. The van der Waals surface area contributed by atoms with Crippen LogP contribution in [0.15, 0.2) is 24.3 Å². The summed E-state index contributed by atoms with van der Waals surface area (Å²) in [6, 6.07) is 3.92. The number of hydrogen-bond acceptors (Lipinski definition) is 2. The summed E-state index contributed by atoms with van der Waals surface area (Å²) >= 11 is 0. The summed E-state index contributed by atoms with van der Waals surface area (Å²) in [5.41, 5.74) is -0.647. The van der Waals surface area contributed by atoms with Crippen LogP contribution in [-0.2, 0) is 15.8 Å². The molecule has 1 saturated carbocycles. The fourth-order valence-electron chi connectivity index (χ4n) is 3.50. The smallest absolute Gasteiger partial charge is 0.345 e. The number of rotatable bonds is 2. The number of hydrogen-bond donors (Lipinski definition) is 2. The van der Waals surface area contributed by atoms with Gasteiger partial charge in [-0.15, -0.1) is 0 Å². The minimum Gasteiger partial charge on any atom is -0.345 e. The maximum Gasteiger partial charge on any atom is 0.416 e. The number of alkyl halides is 3. The van der Waals surface area contributed by atoms with Crippen LogP contribution in [-0.4, -0.2) is 17.9 Å². The quantitative estimate of drug-likeness (QED) is 0.760. The first-order valence-electron chi connectivity index (χ1n) is 8.77. The predicted molar refractivity (Wildman–Crippen MR) is 93.4 cm³/mol. The van der Waals surface area contributed by atoms with Gasteiger partial charge in [-0.2, -0.15) is 13.2 Å². The van der Waals surface area contributed by atoms with Crippen LogP contribution in [0.25, 0.3) is 0 Å². The molecular weight excluding hydrogens is 345 g/mol. The molecule has 2 N–H and O–H groups in total. The zero-order valence-corrected chi connectivity index (χ0v) is 15.2. The van der Waals surface area contributed by atoms with E-state index in [-0.39, 0.29) is 23.1 Å². The van der Waals surface area contributed by atoms with Crippen LogP contribution in [0.5, 0.6) is 0 Å². The summed E-state index contributed by atoms with van der Waals surface area (Å²) in [4.78, 5) is 24.3. The Morgan fingerprint density at radius 3 is 2.08 bits per heavy atom. The summed E-state index contributed by atoms with van der Waals surface area (Å²) in [6.07, 6.45) is -0.525. The van der Waals surface area contributed by atoms with Crippen LogP contribution >= 0.6 is 0 Å². The minimum absolute atomic E-state index is 0.0161. The number of carbonyl (C=O) groups is 2. The van der Waals surface area contributed by atoms with Gasteiger partial charge in [0.2, 0.25) is 0 Å². The van der Waals surface area contributed by atoms with E-state index in [9.17, 15) is 22.8 Å². The minimum atomic E-state index is -4.44. The van der Waals surface area contributed by atoms with Crippen LogP contribution in [0.2, 0.25) is 0 Å². The predicted octanol–water partition coefficient (Wildman–Crippen LogP) is 4.37. The van der Waals surface area contributed by atoms with E-state index >= 15 is 0 Å². The number of carbonyl (C=O) groups excluding carboxylic acids is 2. The molecule has 1 aliphatic carbocycles. The third-order valence-corrected chi connectivity index (χ3v) is 4.87. The molecule has 0 saturated heterocycles. The van der Waals surface area contributed by atoms with E-state index in [2.05, 4.69) is 31.4 Å². The first-order valence-corrected chi connectivity index (χ1v) is 8.77. The van der Waals surface area contributed by atoms with Gasteiger partial charge in [-0.05, 0) is 48.4 Å². The Labute approximate surface area is 151 Å². The number of nitrogens with one attached hydrogen (secondary N) is 2. The molecule has 2 amide bonds. The van der Waals surface area contributed by atoms with Crippen LogP contribution < -0.4 is 10.6 Å². The second kappa shape index (κ2) is 7.68. The second-order valence-corrected chi connectivity index (χ2v) is 7.87. The topological polar surface area (TPSA) is 58.2 Å².